The standard InChI is InChI=1S/C18H19BrN2O4S/c1-25-17-9-8-15(26(23,24)21-10-2-3-11-21)12-16(17)18(22)20-14-6-4-13(19)5-7-14/h4-9,12H,2-3,10-11H2,1H3,(H,20,22). The van der Waals surface area contributed by atoms with Gasteiger partial charge in [-0.15, -0.1) is 0 Å². The molecule has 1 N–H and O–H groups in total. The number of carbonyl (C=O) groups is 1. The van der Waals surface area contributed by atoms with Gasteiger partial charge in [-0.05, 0) is 55.3 Å². The van der Waals surface area contributed by atoms with Crippen molar-refractivity contribution in [2.45, 2.75) is 17.7 Å². The van der Waals surface area contributed by atoms with Crippen molar-refractivity contribution in [1.29, 1.82) is 0 Å². The Morgan fingerprint density at radius 1 is 1.12 bits per heavy atom. The van der Waals surface area contributed by atoms with Gasteiger partial charge in [0.2, 0.25) is 10.0 Å². The van der Waals surface area contributed by atoms with Crippen LogP contribution in [0.4, 0.5) is 5.69 Å². The fraction of sp³-hybridized carbons (Fsp3) is 0.278. The summed E-state index contributed by atoms with van der Waals surface area (Å²) in [6.07, 6.45) is 1.71. The molecular weight excluding hydrogens is 420 g/mol. The predicted molar refractivity (Wildman–Crippen MR) is 103 cm³/mol. The highest BCUT2D eigenvalue weighted by atomic mass is 79.9. The first kappa shape index (κ1) is 18.9. The molecule has 1 heterocycles. The highest BCUT2D eigenvalue weighted by Crippen LogP contribution is 2.27. The van der Waals surface area contributed by atoms with Crippen LogP contribution in [0.2, 0.25) is 0 Å². The molecule has 3 rings (SSSR count). The average Bonchev–Trinajstić information content (AvgIpc) is 3.18. The molecule has 1 fully saturated rings. The molecule has 0 atom stereocenters. The van der Waals surface area contributed by atoms with Gasteiger partial charge in [-0.1, -0.05) is 15.9 Å². The molecule has 2 aromatic carbocycles. The van der Waals surface area contributed by atoms with Gasteiger partial charge < -0.3 is 10.1 Å². The van der Waals surface area contributed by atoms with Crippen LogP contribution in [0, 0.1) is 0 Å². The molecule has 1 aliphatic heterocycles. The van der Waals surface area contributed by atoms with E-state index in [1.165, 1.54) is 29.6 Å². The van der Waals surface area contributed by atoms with E-state index in [2.05, 4.69) is 21.2 Å². The van der Waals surface area contributed by atoms with Crippen molar-refractivity contribution in [2.24, 2.45) is 0 Å². The highest BCUT2D eigenvalue weighted by Gasteiger charge is 2.28. The lowest BCUT2D eigenvalue weighted by molar-refractivity contribution is 0.102. The molecule has 1 aliphatic rings. The number of hydrogen-bond donors (Lipinski definition) is 1. The number of carbonyl (C=O) groups excluding carboxylic acids is 1. The van der Waals surface area contributed by atoms with E-state index in [0.29, 0.717) is 24.5 Å². The van der Waals surface area contributed by atoms with E-state index in [9.17, 15) is 13.2 Å². The van der Waals surface area contributed by atoms with Gasteiger partial charge in [-0.3, -0.25) is 4.79 Å². The zero-order valence-corrected chi connectivity index (χ0v) is 16.6. The zero-order valence-electron chi connectivity index (χ0n) is 14.2. The Morgan fingerprint density at radius 2 is 1.77 bits per heavy atom. The number of hydrogen-bond acceptors (Lipinski definition) is 4. The van der Waals surface area contributed by atoms with Crippen LogP contribution in [0.25, 0.3) is 0 Å². The largest absolute Gasteiger partial charge is 0.496 e. The Hall–Kier alpha value is -1.90. The number of halogens is 1. The second kappa shape index (κ2) is 7.77. The van der Waals surface area contributed by atoms with Crippen molar-refractivity contribution in [1.82, 2.24) is 4.31 Å². The van der Waals surface area contributed by atoms with Gasteiger partial charge in [0.25, 0.3) is 5.91 Å². The number of methoxy groups -OCH3 is 1. The third kappa shape index (κ3) is 3.92. The van der Waals surface area contributed by atoms with Crippen LogP contribution in [0.15, 0.2) is 51.8 Å². The van der Waals surface area contributed by atoms with Crippen molar-refractivity contribution >= 4 is 37.5 Å². The Labute approximate surface area is 161 Å². The van der Waals surface area contributed by atoms with E-state index >= 15 is 0 Å². The molecule has 0 aliphatic carbocycles. The number of nitrogens with one attached hydrogen (secondary N) is 1. The Bertz CT molecular complexity index is 907. The number of anilines is 1. The van der Waals surface area contributed by atoms with Gasteiger partial charge in [0.1, 0.15) is 5.75 Å². The maximum atomic E-state index is 12.8. The number of amides is 1. The van der Waals surface area contributed by atoms with E-state index in [1.807, 2.05) is 0 Å². The first-order chi connectivity index (χ1) is 12.4. The van der Waals surface area contributed by atoms with E-state index in [4.69, 9.17) is 4.74 Å². The highest BCUT2D eigenvalue weighted by molar-refractivity contribution is 9.10. The van der Waals surface area contributed by atoms with E-state index in [-0.39, 0.29) is 10.5 Å². The minimum Gasteiger partial charge on any atom is -0.496 e. The van der Waals surface area contributed by atoms with Crippen molar-refractivity contribution < 1.29 is 17.9 Å². The average molecular weight is 439 g/mol. The summed E-state index contributed by atoms with van der Waals surface area (Å²) in [6, 6.07) is 11.5. The molecule has 138 valence electrons. The van der Waals surface area contributed by atoms with Crippen LogP contribution >= 0.6 is 15.9 Å². The fourth-order valence-corrected chi connectivity index (χ4v) is 4.64. The molecule has 26 heavy (non-hydrogen) atoms. The monoisotopic (exact) mass is 438 g/mol. The summed E-state index contributed by atoms with van der Waals surface area (Å²) in [5, 5.41) is 2.76. The third-order valence-electron chi connectivity index (χ3n) is 4.22. The lowest BCUT2D eigenvalue weighted by Gasteiger charge is -2.17. The number of sulfonamides is 1. The van der Waals surface area contributed by atoms with Gasteiger partial charge in [0, 0.05) is 23.2 Å². The minimum absolute atomic E-state index is 0.0983. The number of benzene rings is 2. The van der Waals surface area contributed by atoms with Gasteiger partial charge >= 0.3 is 0 Å². The topological polar surface area (TPSA) is 75.7 Å². The molecule has 0 spiro atoms. The normalized spacial score (nSPS) is 15.0. The minimum atomic E-state index is -3.61. The summed E-state index contributed by atoms with van der Waals surface area (Å²) in [4.78, 5) is 12.8. The second-order valence-electron chi connectivity index (χ2n) is 5.93. The summed E-state index contributed by atoms with van der Waals surface area (Å²) < 4.78 is 33.1. The van der Waals surface area contributed by atoms with Crippen molar-refractivity contribution in [3.8, 4) is 5.75 Å². The molecular formula is C18H19BrN2O4S. The van der Waals surface area contributed by atoms with Crippen molar-refractivity contribution in [2.75, 3.05) is 25.5 Å². The van der Waals surface area contributed by atoms with Crippen molar-refractivity contribution in [3.05, 3.63) is 52.5 Å². The summed E-state index contributed by atoms with van der Waals surface area (Å²) in [6.45, 7) is 1.02. The number of nitrogens with zero attached hydrogens (tertiary/aromatic N) is 1. The van der Waals surface area contributed by atoms with Crippen LogP contribution in [0.1, 0.15) is 23.2 Å². The maximum Gasteiger partial charge on any atom is 0.259 e. The first-order valence-electron chi connectivity index (χ1n) is 8.17. The molecule has 1 amide bonds. The molecule has 0 bridgehead atoms. The Balaban J connectivity index is 1.92. The number of ether oxygens (including phenoxy) is 1. The molecule has 1 saturated heterocycles. The van der Waals surface area contributed by atoms with Crippen LogP contribution in [-0.4, -0.2) is 38.8 Å². The smallest absolute Gasteiger partial charge is 0.259 e. The van der Waals surface area contributed by atoms with E-state index in [0.717, 1.165) is 17.3 Å². The van der Waals surface area contributed by atoms with E-state index < -0.39 is 15.9 Å². The third-order valence-corrected chi connectivity index (χ3v) is 6.64. The predicted octanol–water partition coefficient (Wildman–Crippen LogP) is 3.49. The quantitative estimate of drug-likeness (QED) is 0.774. The van der Waals surface area contributed by atoms with Crippen LogP contribution < -0.4 is 10.1 Å². The van der Waals surface area contributed by atoms with Crippen LogP contribution in [-0.2, 0) is 10.0 Å². The second-order valence-corrected chi connectivity index (χ2v) is 8.79. The van der Waals surface area contributed by atoms with Crippen LogP contribution in [0.5, 0.6) is 5.75 Å². The maximum absolute atomic E-state index is 12.8. The Kier molecular flexibility index (Phi) is 5.64. The summed E-state index contributed by atoms with van der Waals surface area (Å²) in [5.74, 6) is -0.109. The Morgan fingerprint density at radius 3 is 2.38 bits per heavy atom. The molecule has 0 radical (unpaired) electrons. The molecule has 0 unspecified atom stereocenters. The molecule has 0 aromatic heterocycles. The molecule has 6 nitrogen and oxygen atoms in total. The lowest BCUT2D eigenvalue weighted by atomic mass is 10.2. The first-order valence-corrected chi connectivity index (χ1v) is 10.4. The van der Waals surface area contributed by atoms with Gasteiger partial charge in [-0.2, -0.15) is 4.31 Å². The summed E-state index contributed by atoms with van der Waals surface area (Å²) in [7, 11) is -2.16. The molecule has 2 aromatic rings. The van der Waals surface area contributed by atoms with Crippen molar-refractivity contribution in [3.63, 3.8) is 0 Å². The van der Waals surface area contributed by atoms with E-state index in [1.54, 1.807) is 24.3 Å². The SMILES string of the molecule is COc1ccc(S(=O)(=O)N2CCCC2)cc1C(=O)Nc1ccc(Br)cc1. The fourth-order valence-electron chi connectivity index (χ4n) is 2.83. The summed E-state index contributed by atoms with van der Waals surface area (Å²) >= 11 is 3.34. The van der Waals surface area contributed by atoms with Gasteiger partial charge in [0.15, 0.2) is 0 Å². The van der Waals surface area contributed by atoms with Gasteiger partial charge in [-0.25, -0.2) is 8.42 Å². The van der Waals surface area contributed by atoms with Crippen LogP contribution in [0.3, 0.4) is 0 Å². The number of rotatable bonds is 5. The molecule has 0 saturated carbocycles. The zero-order chi connectivity index (χ0) is 18.7. The molecule has 8 heteroatoms. The summed E-state index contributed by atoms with van der Waals surface area (Å²) in [5.41, 5.74) is 0.781. The van der Waals surface area contributed by atoms with Gasteiger partial charge in [0.05, 0.1) is 17.6 Å². The lowest BCUT2D eigenvalue weighted by Crippen LogP contribution is -2.28.